The van der Waals surface area contributed by atoms with Crippen LogP contribution in [-0.4, -0.2) is 36.8 Å². The normalized spacial score (nSPS) is 14.1. The Morgan fingerprint density at radius 1 is 1.10 bits per heavy atom. The Bertz CT molecular complexity index is 961. The lowest BCUT2D eigenvalue weighted by Crippen LogP contribution is -2.42. The van der Waals surface area contributed by atoms with Gasteiger partial charge in [-0.05, 0) is 31.2 Å². The molecule has 3 rings (SSSR count). The average Bonchev–Trinajstić information content (AvgIpc) is 3.14. The van der Waals surface area contributed by atoms with Crippen molar-refractivity contribution in [1.29, 1.82) is 0 Å². The summed E-state index contributed by atoms with van der Waals surface area (Å²) in [4.78, 5) is 14.0. The third-order valence-electron chi connectivity index (χ3n) is 5.30. The molecular weight excluding hydrogens is 376 g/mol. The third-order valence-corrected chi connectivity index (χ3v) is 5.30. The van der Waals surface area contributed by atoms with Gasteiger partial charge in [0.15, 0.2) is 17.0 Å². The van der Waals surface area contributed by atoms with Gasteiger partial charge in [-0.15, -0.1) is 0 Å². The Kier molecular flexibility index (Phi) is 6.61. The van der Waals surface area contributed by atoms with Gasteiger partial charge in [0, 0.05) is 12.6 Å². The minimum absolute atomic E-state index is 0.153. The molecule has 0 fully saturated rings. The lowest BCUT2D eigenvalue weighted by molar-refractivity contribution is 0.0451. The first kappa shape index (κ1) is 22.0. The third kappa shape index (κ3) is 4.90. The fourth-order valence-electron chi connectivity index (χ4n) is 3.44. The molecular formula is C23H34N6O. The number of nitrogens with one attached hydrogen (secondary N) is 2. The minimum Gasteiger partial charge on any atom is -0.390 e. The zero-order valence-electron chi connectivity index (χ0n) is 18.8. The van der Waals surface area contributed by atoms with Gasteiger partial charge in [-0.3, -0.25) is 0 Å². The van der Waals surface area contributed by atoms with Gasteiger partial charge < -0.3 is 20.3 Å². The molecule has 0 aliphatic heterocycles. The van der Waals surface area contributed by atoms with Gasteiger partial charge in [0.05, 0.1) is 18.5 Å². The lowest BCUT2D eigenvalue weighted by Gasteiger charge is -2.33. The summed E-state index contributed by atoms with van der Waals surface area (Å²) >= 11 is 0. The average molecular weight is 411 g/mol. The first-order valence-electron chi connectivity index (χ1n) is 10.7. The van der Waals surface area contributed by atoms with Crippen LogP contribution in [0.4, 0.5) is 11.8 Å². The summed E-state index contributed by atoms with van der Waals surface area (Å²) in [6.07, 6.45) is 2.04. The van der Waals surface area contributed by atoms with Gasteiger partial charge in [-0.2, -0.15) is 9.97 Å². The predicted molar refractivity (Wildman–Crippen MR) is 123 cm³/mol. The van der Waals surface area contributed by atoms with Crippen LogP contribution in [0.25, 0.3) is 11.2 Å². The van der Waals surface area contributed by atoms with Gasteiger partial charge in [0.25, 0.3) is 0 Å². The van der Waals surface area contributed by atoms with E-state index in [9.17, 15) is 5.11 Å². The van der Waals surface area contributed by atoms with Crippen molar-refractivity contribution in [3.05, 3.63) is 42.2 Å². The maximum absolute atomic E-state index is 10.8. The van der Waals surface area contributed by atoms with Crippen LogP contribution in [0.1, 0.15) is 59.6 Å². The highest BCUT2D eigenvalue weighted by Crippen LogP contribution is 2.27. The second kappa shape index (κ2) is 9.00. The summed E-state index contributed by atoms with van der Waals surface area (Å²) in [6.45, 7) is 13.0. The molecule has 7 nitrogen and oxygen atoms in total. The maximum atomic E-state index is 10.8. The molecule has 7 heteroatoms. The number of hydrogen-bond donors (Lipinski definition) is 3. The minimum atomic E-state index is -0.530. The molecule has 2 atom stereocenters. The van der Waals surface area contributed by atoms with Crippen LogP contribution in [0.15, 0.2) is 36.7 Å². The number of benzene rings is 1. The molecule has 0 spiro atoms. The zero-order chi connectivity index (χ0) is 21.9. The highest BCUT2D eigenvalue weighted by Gasteiger charge is 2.30. The largest absolute Gasteiger partial charge is 0.390 e. The van der Waals surface area contributed by atoms with Crippen molar-refractivity contribution in [2.45, 2.75) is 72.7 Å². The maximum Gasteiger partial charge on any atom is 0.227 e. The molecule has 162 valence electrons. The monoisotopic (exact) mass is 410 g/mol. The molecule has 0 aliphatic carbocycles. The van der Waals surface area contributed by atoms with Crippen molar-refractivity contribution >= 4 is 22.9 Å². The van der Waals surface area contributed by atoms with Crippen LogP contribution < -0.4 is 10.6 Å². The number of aliphatic hydroxyl groups is 1. The summed E-state index contributed by atoms with van der Waals surface area (Å²) in [5.74, 6) is 1.18. The molecule has 2 heterocycles. The van der Waals surface area contributed by atoms with Gasteiger partial charge in [-0.1, -0.05) is 58.0 Å². The Balaban J connectivity index is 1.96. The SMILES string of the molecule is CC[C@H](Nc1nc(NCc2ccccc2)c2ncn(C(C)C)c2n1)C(O)C(C)(C)C. The van der Waals surface area contributed by atoms with Crippen LogP contribution in [-0.2, 0) is 6.54 Å². The van der Waals surface area contributed by atoms with E-state index in [0.29, 0.717) is 18.3 Å². The van der Waals surface area contributed by atoms with Crippen molar-refractivity contribution in [3.63, 3.8) is 0 Å². The van der Waals surface area contributed by atoms with E-state index in [-0.39, 0.29) is 17.5 Å². The molecule has 3 aromatic rings. The van der Waals surface area contributed by atoms with E-state index in [1.807, 2.05) is 49.9 Å². The highest BCUT2D eigenvalue weighted by molar-refractivity contribution is 5.84. The molecule has 3 N–H and O–H groups in total. The number of aromatic nitrogens is 4. The lowest BCUT2D eigenvalue weighted by atomic mass is 9.84. The van der Waals surface area contributed by atoms with E-state index in [0.717, 1.165) is 23.1 Å². The molecule has 1 aromatic carbocycles. The Hall–Kier alpha value is -2.67. The smallest absolute Gasteiger partial charge is 0.227 e. The first-order chi connectivity index (χ1) is 14.2. The van der Waals surface area contributed by atoms with Crippen LogP contribution in [0, 0.1) is 5.41 Å². The molecule has 0 radical (unpaired) electrons. The topological polar surface area (TPSA) is 87.9 Å². The molecule has 0 saturated carbocycles. The second-order valence-electron chi connectivity index (χ2n) is 9.12. The summed E-state index contributed by atoms with van der Waals surface area (Å²) in [5.41, 5.74) is 2.44. The van der Waals surface area contributed by atoms with Gasteiger partial charge >= 0.3 is 0 Å². The van der Waals surface area contributed by atoms with Crippen molar-refractivity contribution in [2.24, 2.45) is 5.41 Å². The number of rotatable bonds is 8. The molecule has 2 aromatic heterocycles. The van der Waals surface area contributed by atoms with E-state index < -0.39 is 6.10 Å². The molecule has 1 unspecified atom stereocenters. The van der Waals surface area contributed by atoms with Crippen LogP contribution in [0.3, 0.4) is 0 Å². The van der Waals surface area contributed by atoms with Crippen LogP contribution >= 0.6 is 0 Å². The number of anilines is 2. The van der Waals surface area contributed by atoms with Crippen molar-refractivity contribution in [3.8, 4) is 0 Å². The number of nitrogens with zero attached hydrogens (tertiary/aromatic N) is 4. The van der Waals surface area contributed by atoms with Crippen molar-refractivity contribution in [1.82, 2.24) is 19.5 Å². The Morgan fingerprint density at radius 3 is 2.40 bits per heavy atom. The van der Waals surface area contributed by atoms with Gasteiger partial charge in [-0.25, -0.2) is 4.98 Å². The number of hydrogen-bond acceptors (Lipinski definition) is 6. The van der Waals surface area contributed by atoms with Crippen molar-refractivity contribution < 1.29 is 5.11 Å². The summed E-state index contributed by atoms with van der Waals surface area (Å²) < 4.78 is 2.04. The van der Waals surface area contributed by atoms with E-state index in [1.165, 1.54) is 0 Å². The molecule has 30 heavy (non-hydrogen) atoms. The Morgan fingerprint density at radius 2 is 1.80 bits per heavy atom. The zero-order valence-corrected chi connectivity index (χ0v) is 18.8. The number of fused-ring (bicyclic) bond motifs is 1. The second-order valence-corrected chi connectivity index (χ2v) is 9.12. The number of imidazole rings is 1. The fraction of sp³-hybridized carbons (Fsp3) is 0.522. The predicted octanol–water partition coefficient (Wildman–Crippen LogP) is 4.62. The van der Waals surface area contributed by atoms with Crippen LogP contribution in [0.2, 0.25) is 0 Å². The fourth-order valence-corrected chi connectivity index (χ4v) is 3.44. The standard InChI is InChI=1S/C23H34N6O/c1-7-17(19(30)23(4,5)6)26-22-27-20(24-13-16-11-9-8-10-12-16)18-21(28-22)29(14-25-18)15(2)3/h8-12,14-15,17,19,30H,7,13H2,1-6H3,(H2,24,26,27,28)/t17-,19?/m0/s1. The van der Waals surface area contributed by atoms with Gasteiger partial charge in [0.1, 0.15) is 0 Å². The molecule has 0 aliphatic rings. The highest BCUT2D eigenvalue weighted by atomic mass is 16.3. The van der Waals surface area contributed by atoms with E-state index in [4.69, 9.17) is 9.97 Å². The molecule has 0 bridgehead atoms. The Labute approximate surface area is 179 Å². The first-order valence-corrected chi connectivity index (χ1v) is 10.7. The molecule has 0 amide bonds. The van der Waals surface area contributed by atoms with E-state index >= 15 is 0 Å². The van der Waals surface area contributed by atoms with E-state index in [1.54, 1.807) is 0 Å². The summed E-state index contributed by atoms with van der Waals surface area (Å²) in [6, 6.07) is 10.3. The summed E-state index contributed by atoms with van der Waals surface area (Å²) in [5, 5.41) is 17.6. The van der Waals surface area contributed by atoms with Gasteiger partial charge in [0.2, 0.25) is 5.95 Å². The van der Waals surface area contributed by atoms with Crippen LogP contribution in [0.5, 0.6) is 0 Å². The van der Waals surface area contributed by atoms with Crippen molar-refractivity contribution in [2.75, 3.05) is 10.6 Å². The molecule has 0 saturated heterocycles. The quantitative estimate of drug-likeness (QED) is 0.502. The van der Waals surface area contributed by atoms with E-state index in [2.05, 4.69) is 48.5 Å². The summed E-state index contributed by atoms with van der Waals surface area (Å²) in [7, 11) is 0. The number of aliphatic hydroxyl groups excluding tert-OH is 1.